The minimum Gasteiger partial charge on any atom is -0.481 e. The van der Waals surface area contributed by atoms with Crippen molar-refractivity contribution in [2.45, 2.75) is 51.0 Å². The summed E-state index contributed by atoms with van der Waals surface area (Å²) in [4.78, 5) is 17.1. The van der Waals surface area contributed by atoms with Crippen LogP contribution in [0.15, 0.2) is 101 Å². The molecule has 2 heterocycles. The second kappa shape index (κ2) is 14.5. The van der Waals surface area contributed by atoms with Gasteiger partial charge in [-0.05, 0) is 78.5 Å². The second-order valence-corrected chi connectivity index (χ2v) is 12.1. The molecule has 0 saturated heterocycles. The third-order valence-corrected chi connectivity index (χ3v) is 9.27. The maximum absolute atomic E-state index is 11.0. The zero-order valence-electron chi connectivity index (χ0n) is 25.5. The summed E-state index contributed by atoms with van der Waals surface area (Å²) < 4.78 is 2.17. The third-order valence-electron chi connectivity index (χ3n) is 8.16. The summed E-state index contributed by atoms with van der Waals surface area (Å²) in [5.74, 6) is -0.720. The Labute approximate surface area is 260 Å². The van der Waals surface area contributed by atoms with Crippen LogP contribution in [-0.2, 0) is 18.4 Å². The molecule has 222 valence electrons. The number of hydrogen-bond donors (Lipinski definition) is 1. The summed E-state index contributed by atoms with van der Waals surface area (Å²) >= 11 is 1.81. The molecule has 3 aromatic carbocycles. The summed E-state index contributed by atoms with van der Waals surface area (Å²) in [5, 5.41) is 11.5. The molecule has 0 spiro atoms. The number of aliphatic carboxylic acids is 1. The molecule has 5 nitrogen and oxygen atoms in total. The molecule has 0 atom stereocenters. The molecular formula is C37H42N3O2S+. The molecule has 6 heteroatoms. The predicted octanol–water partition coefficient (Wildman–Crippen LogP) is 8.15. The van der Waals surface area contributed by atoms with Gasteiger partial charge >= 0.3 is 5.97 Å². The van der Waals surface area contributed by atoms with E-state index in [0.29, 0.717) is 6.42 Å². The lowest BCUT2D eigenvalue weighted by molar-refractivity contribution is -0.644. The maximum atomic E-state index is 11.0. The van der Waals surface area contributed by atoms with E-state index in [1.165, 1.54) is 48.8 Å². The number of carboxylic acid groups (broad SMARTS) is 1. The molecule has 1 aliphatic rings. The van der Waals surface area contributed by atoms with Crippen molar-refractivity contribution in [1.82, 2.24) is 4.90 Å². The number of allylic oxidation sites excluding steroid dienone is 2. The quantitative estimate of drug-likeness (QED) is 0.125. The van der Waals surface area contributed by atoms with Gasteiger partial charge < -0.3 is 10.0 Å². The second-order valence-electron chi connectivity index (χ2n) is 11.1. The van der Waals surface area contributed by atoms with Gasteiger partial charge in [-0.2, -0.15) is 0 Å². The lowest BCUT2D eigenvalue weighted by Crippen LogP contribution is -2.28. The summed E-state index contributed by atoms with van der Waals surface area (Å²) in [6, 6.07) is 28.4. The Bertz CT molecular complexity index is 1620. The van der Waals surface area contributed by atoms with E-state index in [1.54, 1.807) is 0 Å². The van der Waals surface area contributed by atoms with E-state index in [4.69, 9.17) is 5.11 Å². The number of aryl methyl sites for hydroxylation is 1. The smallest absolute Gasteiger partial charge is 0.303 e. The molecule has 43 heavy (non-hydrogen) atoms. The first kappa shape index (κ1) is 30.6. The Morgan fingerprint density at radius 3 is 2.44 bits per heavy atom. The van der Waals surface area contributed by atoms with Crippen molar-refractivity contribution in [2.75, 3.05) is 24.5 Å². The molecule has 1 aromatic heterocycles. The average Bonchev–Trinajstić information content (AvgIpc) is 3.37. The standard InChI is InChI=1S/C37H41N3O2S/c1-4-39(5-2)27-28-18-20-29(21-19-28)31(25-30-22-24-38(3)33-14-9-8-13-32(30)33)26-36-40(23-12-6-7-17-37(41)42)34-15-10-11-16-35(34)43-36/h8-11,13-16,18-22,24-26H,4-7,12,17,23,27H2,1-3H3/p+1. The number of para-hydroxylation sites is 2. The first-order valence-corrected chi connectivity index (χ1v) is 16.2. The van der Waals surface area contributed by atoms with Crippen LogP contribution in [0.2, 0.25) is 0 Å². The molecule has 1 N–H and O–H groups in total. The predicted molar refractivity (Wildman–Crippen MR) is 180 cm³/mol. The number of fused-ring (bicyclic) bond motifs is 2. The van der Waals surface area contributed by atoms with Crippen LogP contribution in [0.5, 0.6) is 0 Å². The van der Waals surface area contributed by atoms with Crippen LogP contribution in [0.25, 0.3) is 22.6 Å². The van der Waals surface area contributed by atoms with Crippen molar-refractivity contribution in [3.05, 3.63) is 113 Å². The van der Waals surface area contributed by atoms with E-state index >= 15 is 0 Å². The Balaban J connectivity index is 1.54. The number of benzene rings is 3. The number of nitrogens with zero attached hydrogens (tertiary/aromatic N) is 3. The zero-order valence-corrected chi connectivity index (χ0v) is 26.3. The molecule has 0 amide bonds. The Kier molecular flexibility index (Phi) is 10.3. The SMILES string of the molecule is CCN(CC)Cc1ccc(C(=C\c2cc[n+](C)c3ccccc23)/C=C2\Sc3ccccc3N2CCCCCC(=O)O)cc1. The zero-order chi connectivity index (χ0) is 30.2. The van der Waals surface area contributed by atoms with E-state index in [2.05, 4.69) is 132 Å². The van der Waals surface area contributed by atoms with Crippen molar-refractivity contribution >= 4 is 46.0 Å². The number of pyridine rings is 1. The molecule has 0 saturated carbocycles. The fourth-order valence-electron chi connectivity index (χ4n) is 5.64. The van der Waals surface area contributed by atoms with E-state index in [-0.39, 0.29) is 6.42 Å². The van der Waals surface area contributed by atoms with Gasteiger partial charge in [0.15, 0.2) is 6.20 Å². The van der Waals surface area contributed by atoms with Gasteiger partial charge in [-0.1, -0.05) is 80.6 Å². The third kappa shape index (κ3) is 7.56. The number of hydrogen-bond acceptors (Lipinski definition) is 4. The van der Waals surface area contributed by atoms with Crippen LogP contribution in [0.3, 0.4) is 0 Å². The normalized spacial score (nSPS) is 14.2. The molecule has 4 aromatic rings. The van der Waals surface area contributed by atoms with Crippen LogP contribution in [0, 0.1) is 0 Å². The molecule has 5 rings (SSSR count). The summed E-state index contributed by atoms with van der Waals surface area (Å²) in [6.45, 7) is 8.31. The molecule has 0 bridgehead atoms. The topological polar surface area (TPSA) is 47.7 Å². The van der Waals surface area contributed by atoms with Crippen molar-refractivity contribution in [3.8, 4) is 0 Å². The van der Waals surface area contributed by atoms with Crippen molar-refractivity contribution in [1.29, 1.82) is 0 Å². The Morgan fingerprint density at radius 1 is 0.930 bits per heavy atom. The van der Waals surface area contributed by atoms with E-state index < -0.39 is 5.97 Å². The molecule has 0 fully saturated rings. The summed E-state index contributed by atoms with van der Waals surface area (Å²) in [6.07, 6.45) is 9.57. The van der Waals surface area contributed by atoms with Gasteiger partial charge in [-0.3, -0.25) is 9.69 Å². The first-order chi connectivity index (χ1) is 21.0. The Morgan fingerprint density at radius 2 is 1.67 bits per heavy atom. The van der Waals surface area contributed by atoms with Gasteiger partial charge in [-0.15, -0.1) is 0 Å². The highest BCUT2D eigenvalue weighted by Gasteiger charge is 2.25. The molecular weight excluding hydrogens is 550 g/mol. The number of unbranched alkanes of at least 4 members (excludes halogenated alkanes) is 2. The highest BCUT2D eigenvalue weighted by atomic mass is 32.2. The number of carbonyl (C=O) groups is 1. The van der Waals surface area contributed by atoms with Crippen molar-refractivity contribution in [2.24, 2.45) is 7.05 Å². The number of thioether (sulfide) groups is 1. The molecule has 0 aliphatic carbocycles. The van der Waals surface area contributed by atoms with E-state index in [1.807, 2.05) is 11.8 Å². The van der Waals surface area contributed by atoms with Gasteiger partial charge in [0.25, 0.3) is 0 Å². The van der Waals surface area contributed by atoms with Crippen LogP contribution < -0.4 is 9.47 Å². The van der Waals surface area contributed by atoms with Crippen molar-refractivity contribution in [3.63, 3.8) is 0 Å². The monoisotopic (exact) mass is 592 g/mol. The van der Waals surface area contributed by atoms with Gasteiger partial charge in [0.1, 0.15) is 7.05 Å². The van der Waals surface area contributed by atoms with Crippen LogP contribution in [-0.4, -0.2) is 35.6 Å². The number of anilines is 1. The van der Waals surface area contributed by atoms with Gasteiger partial charge in [0.05, 0.1) is 16.1 Å². The van der Waals surface area contributed by atoms with Crippen LogP contribution >= 0.6 is 11.8 Å². The van der Waals surface area contributed by atoms with Gasteiger partial charge in [-0.25, -0.2) is 4.57 Å². The average molecular weight is 593 g/mol. The molecule has 1 aliphatic heterocycles. The molecule has 0 unspecified atom stereocenters. The Hall–Kier alpha value is -3.87. The molecule has 0 radical (unpaired) electrons. The summed E-state index contributed by atoms with van der Waals surface area (Å²) in [5.41, 5.74) is 7.29. The van der Waals surface area contributed by atoms with Gasteiger partial charge in [0.2, 0.25) is 5.52 Å². The lowest BCUT2D eigenvalue weighted by atomic mass is 9.99. The first-order valence-electron chi connectivity index (χ1n) is 15.4. The highest BCUT2D eigenvalue weighted by molar-refractivity contribution is 8.03. The fraction of sp³-hybridized carbons (Fsp3) is 0.297. The fourth-order valence-corrected chi connectivity index (χ4v) is 6.78. The lowest BCUT2D eigenvalue weighted by Gasteiger charge is -2.21. The number of rotatable bonds is 13. The van der Waals surface area contributed by atoms with Gasteiger partial charge in [0, 0.05) is 36.5 Å². The largest absolute Gasteiger partial charge is 0.481 e. The van der Waals surface area contributed by atoms with Crippen LogP contribution in [0.4, 0.5) is 5.69 Å². The minimum atomic E-state index is -0.720. The van der Waals surface area contributed by atoms with E-state index in [0.717, 1.165) is 39.0 Å². The number of aromatic nitrogens is 1. The van der Waals surface area contributed by atoms with Crippen molar-refractivity contribution < 1.29 is 14.5 Å². The highest BCUT2D eigenvalue weighted by Crippen LogP contribution is 2.47. The maximum Gasteiger partial charge on any atom is 0.303 e. The number of carboxylic acids is 1. The minimum absolute atomic E-state index is 0.230. The summed E-state index contributed by atoms with van der Waals surface area (Å²) in [7, 11) is 2.09. The van der Waals surface area contributed by atoms with E-state index in [9.17, 15) is 4.79 Å². The van der Waals surface area contributed by atoms with Crippen LogP contribution in [0.1, 0.15) is 56.2 Å².